The lowest BCUT2D eigenvalue weighted by molar-refractivity contribution is 0.241. The molecule has 0 saturated heterocycles. The Morgan fingerprint density at radius 1 is 1.04 bits per heavy atom. The summed E-state index contributed by atoms with van der Waals surface area (Å²) >= 11 is 6.20. The van der Waals surface area contributed by atoms with E-state index in [0.717, 1.165) is 24.0 Å². The second kappa shape index (κ2) is 7.83. The highest BCUT2D eigenvalue weighted by Crippen LogP contribution is 2.36. The van der Waals surface area contributed by atoms with Crippen LogP contribution in [0.5, 0.6) is 5.75 Å². The van der Waals surface area contributed by atoms with Gasteiger partial charge in [-0.1, -0.05) is 31.5 Å². The first-order chi connectivity index (χ1) is 10.9. The Morgan fingerprint density at radius 2 is 1.74 bits per heavy atom. The van der Waals surface area contributed by atoms with Crippen LogP contribution in [-0.4, -0.2) is 6.10 Å². The largest absolute Gasteiger partial charge is 0.491 e. The molecule has 0 unspecified atom stereocenters. The lowest BCUT2D eigenvalue weighted by Crippen LogP contribution is -2.06. The molecular weight excluding hydrogens is 311 g/mol. The number of hydrogen-bond acceptors (Lipinski definition) is 1. The number of ether oxygens (including phenoxy) is 1. The molecule has 1 nitrogen and oxygen atoms in total. The fraction of sp³-hybridized carbons (Fsp3) is 0.400. The highest BCUT2D eigenvalue weighted by molar-refractivity contribution is 6.30. The summed E-state index contributed by atoms with van der Waals surface area (Å²) in [5.74, 6) is 0.680. The second-order valence-corrected chi connectivity index (χ2v) is 6.52. The maximum atomic E-state index is 14.0. The van der Waals surface area contributed by atoms with E-state index in [1.807, 2.05) is 32.0 Å². The summed E-state index contributed by atoms with van der Waals surface area (Å²) in [5, 5.41) is 0.658. The van der Waals surface area contributed by atoms with Gasteiger partial charge in [-0.2, -0.15) is 0 Å². The molecule has 0 fully saturated rings. The van der Waals surface area contributed by atoms with E-state index in [1.54, 1.807) is 6.07 Å². The van der Waals surface area contributed by atoms with Gasteiger partial charge in [0.1, 0.15) is 11.6 Å². The Bertz CT molecular complexity index is 663. The van der Waals surface area contributed by atoms with Gasteiger partial charge in [-0.05, 0) is 73.6 Å². The summed E-state index contributed by atoms with van der Waals surface area (Å²) in [6, 6.07) is 10.7. The third-order valence-corrected chi connectivity index (χ3v) is 4.23. The number of benzene rings is 2. The van der Waals surface area contributed by atoms with Gasteiger partial charge in [0.2, 0.25) is 0 Å². The van der Waals surface area contributed by atoms with Gasteiger partial charge in [-0.15, -0.1) is 0 Å². The Hall–Kier alpha value is -1.54. The molecule has 0 aliphatic carbocycles. The van der Waals surface area contributed by atoms with Crippen molar-refractivity contribution in [3.8, 4) is 16.9 Å². The Morgan fingerprint density at radius 3 is 2.35 bits per heavy atom. The van der Waals surface area contributed by atoms with Crippen molar-refractivity contribution in [2.24, 2.45) is 0 Å². The first kappa shape index (κ1) is 17.8. The molecule has 0 heterocycles. The smallest absolute Gasteiger partial charge is 0.127 e. The van der Waals surface area contributed by atoms with E-state index < -0.39 is 0 Å². The van der Waals surface area contributed by atoms with Crippen LogP contribution in [0.25, 0.3) is 11.1 Å². The molecule has 2 aromatic rings. The van der Waals surface area contributed by atoms with Gasteiger partial charge in [0.15, 0.2) is 0 Å². The zero-order valence-corrected chi connectivity index (χ0v) is 15.0. The van der Waals surface area contributed by atoms with Crippen LogP contribution in [0.3, 0.4) is 0 Å². The minimum absolute atomic E-state index is 0.00233. The van der Waals surface area contributed by atoms with Crippen LogP contribution in [-0.2, 0) is 0 Å². The molecule has 0 aliphatic heterocycles. The molecule has 2 aromatic carbocycles. The lowest BCUT2D eigenvalue weighted by atomic mass is 9.87. The van der Waals surface area contributed by atoms with E-state index in [2.05, 4.69) is 19.9 Å². The molecule has 0 amide bonds. The molecule has 0 aromatic heterocycles. The summed E-state index contributed by atoms with van der Waals surface area (Å²) < 4.78 is 19.7. The molecule has 23 heavy (non-hydrogen) atoms. The fourth-order valence-electron chi connectivity index (χ4n) is 2.92. The van der Waals surface area contributed by atoms with Gasteiger partial charge in [0.05, 0.1) is 6.10 Å². The third kappa shape index (κ3) is 4.48. The number of halogens is 2. The Labute approximate surface area is 143 Å². The van der Waals surface area contributed by atoms with Crippen molar-refractivity contribution in [1.82, 2.24) is 0 Å². The minimum atomic E-state index is -0.298. The van der Waals surface area contributed by atoms with Crippen molar-refractivity contribution in [3.63, 3.8) is 0 Å². The lowest BCUT2D eigenvalue weighted by Gasteiger charge is -2.19. The van der Waals surface area contributed by atoms with Crippen LogP contribution in [0.4, 0.5) is 4.39 Å². The average Bonchev–Trinajstić information content (AvgIpc) is 2.48. The van der Waals surface area contributed by atoms with Crippen LogP contribution in [0, 0.1) is 5.82 Å². The first-order valence-corrected chi connectivity index (χ1v) is 8.59. The average molecular weight is 335 g/mol. The van der Waals surface area contributed by atoms with Gasteiger partial charge in [-0.25, -0.2) is 4.39 Å². The minimum Gasteiger partial charge on any atom is -0.491 e. The maximum Gasteiger partial charge on any atom is 0.127 e. The maximum absolute atomic E-state index is 14.0. The molecule has 0 radical (unpaired) electrons. The quantitative estimate of drug-likeness (QED) is 0.562. The number of rotatable bonds is 6. The molecule has 0 saturated carbocycles. The van der Waals surface area contributed by atoms with Crippen molar-refractivity contribution in [2.45, 2.75) is 52.6 Å². The van der Waals surface area contributed by atoms with Gasteiger partial charge < -0.3 is 4.74 Å². The van der Waals surface area contributed by atoms with E-state index in [1.165, 1.54) is 11.6 Å². The molecular formula is C20H24ClFO. The standard InChI is InChI=1S/C20H24ClFO/c1-5-14(6-2)19-8-7-16(21)11-20(19)15-9-17(22)12-18(10-15)23-13(3)4/h7-14H,5-6H2,1-4H3. The Kier molecular flexibility index (Phi) is 6.06. The van der Waals surface area contributed by atoms with E-state index in [9.17, 15) is 4.39 Å². The summed E-state index contributed by atoms with van der Waals surface area (Å²) in [6.45, 7) is 8.20. The van der Waals surface area contributed by atoms with Gasteiger partial charge >= 0.3 is 0 Å². The van der Waals surface area contributed by atoms with Crippen LogP contribution >= 0.6 is 11.6 Å². The summed E-state index contributed by atoms with van der Waals surface area (Å²) in [6.07, 6.45) is 2.08. The third-order valence-electron chi connectivity index (χ3n) is 3.99. The molecule has 0 spiro atoms. The zero-order chi connectivity index (χ0) is 17.0. The van der Waals surface area contributed by atoms with E-state index in [-0.39, 0.29) is 11.9 Å². The van der Waals surface area contributed by atoms with Crippen LogP contribution in [0.2, 0.25) is 5.02 Å². The first-order valence-electron chi connectivity index (χ1n) is 8.21. The van der Waals surface area contributed by atoms with Crippen LogP contribution in [0.1, 0.15) is 52.0 Å². The molecule has 124 valence electrons. The van der Waals surface area contributed by atoms with Crippen LogP contribution in [0.15, 0.2) is 36.4 Å². The molecule has 0 N–H and O–H groups in total. The predicted octanol–water partition coefficient (Wildman–Crippen LogP) is 6.84. The molecule has 0 bridgehead atoms. The van der Waals surface area contributed by atoms with Crippen LogP contribution < -0.4 is 4.74 Å². The molecule has 2 rings (SSSR count). The Balaban J connectivity index is 2.56. The molecule has 0 atom stereocenters. The predicted molar refractivity (Wildman–Crippen MR) is 95.9 cm³/mol. The fourth-order valence-corrected chi connectivity index (χ4v) is 3.09. The summed E-state index contributed by atoms with van der Waals surface area (Å²) in [4.78, 5) is 0. The van der Waals surface area contributed by atoms with E-state index in [0.29, 0.717) is 16.7 Å². The SMILES string of the molecule is CCC(CC)c1ccc(Cl)cc1-c1cc(F)cc(OC(C)C)c1. The zero-order valence-electron chi connectivity index (χ0n) is 14.2. The van der Waals surface area contributed by atoms with Crippen molar-refractivity contribution in [1.29, 1.82) is 0 Å². The topological polar surface area (TPSA) is 9.23 Å². The molecule has 3 heteroatoms. The monoisotopic (exact) mass is 334 g/mol. The highest BCUT2D eigenvalue weighted by atomic mass is 35.5. The van der Waals surface area contributed by atoms with Crippen molar-refractivity contribution in [2.75, 3.05) is 0 Å². The van der Waals surface area contributed by atoms with Crippen molar-refractivity contribution < 1.29 is 9.13 Å². The summed E-state index contributed by atoms with van der Waals surface area (Å²) in [5.41, 5.74) is 3.00. The van der Waals surface area contributed by atoms with Gasteiger partial charge in [-0.3, -0.25) is 0 Å². The van der Waals surface area contributed by atoms with Gasteiger partial charge in [0.25, 0.3) is 0 Å². The number of hydrogen-bond donors (Lipinski definition) is 0. The normalized spacial score (nSPS) is 11.3. The highest BCUT2D eigenvalue weighted by Gasteiger charge is 2.15. The van der Waals surface area contributed by atoms with Gasteiger partial charge in [0, 0.05) is 11.1 Å². The molecule has 0 aliphatic rings. The van der Waals surface area contributed by atoms with Crippen molar-refractivity contribution >= 4 is 11.6 Å². The van der Waals surface area contributed by atoms with E-state index >= 15 is 0 Å². The second-order valence-electron chi connectivity index (χ2n) is 6.09. The van der Waals surface area contributed by atoms with E-state index in [4.69, 9.17) is 16.3 Å². The van der Waals surface area contributed by atoms with Crippen molar-refractivity contribution in [3.05, 3.63) is 52.8 Å². The summed E-state index contributed by atoms with van der Waals surface area (Å²) in [7, 11) is 0.